The number of nitrogens with two attached hydrogens (primary N) is 1. The van der Waals surface area contributed by atoms with Crippen LogP contribution in [0.2, 0.25) is 0 Å². The molecule has 1 aromatic carbocycles. The number of esters is 1. The Morgan fingerprint density at radius 3 is 2.58 bits per heavy atom. The molecule has 19 heavy (non-hydrogen) atoms. The van der Waals surface area contributed by atoms with E-state index in [0.717, 1.165) is 12.1 Å². The van der Waals surface area contributed by atoms with Crippen LogP contribution in [0.5, 0.6) is 0 Å². The van der Waals surface area contributed by atoms with E-state index < -0.39 is 23.2 Å². The highest BCUT2D eigenvalue weighted by Gasteiger charge is 2.16. The van der Waals surface area contributed by atoms with Gasteiger partial charge in [0.1, 0.15) is 18.2 Å². The van der Waals surface area contributed by atoms with Gasteiger partial charge >= 0.3 is 5.97 Å². The Morgan fingerprint density at radius 2 is 1.95 bits per heavy atom. The van der Waals surface area contributed by atoms with Crippen LogP contribution in [0, 0.1) is 17.6 Å². The fourth-order valence-electron chi connectivity index (χ4n) is 1.31. The molecule has 0 saturated carbocycles. The molecule has 6 heteroatoms. The number of ether oxygens (including phenoxy) is 2. The number of anilines is 1. The summed E-state index contributed by atoms with van der Waals surface area (Å²) in [6.07, 6.45) is 0. The molecule has 0 aromatic heterocycles. The van der Waals surface area contributed by atoms with Gasteiger partial charge in [0, 0.05) is 12.7 Å². The molecular formula is C13H17F2NO3. The number of rotatable bonds is 6. The number of nitrogen functional groups attached to an aromatic ring is 1. The van der Waals surface area contributed by atoms with E-state index in [-0.39, 0.29) is 18.9 Å². The Labute approximate surface area is 110 Å². The van der Waals surface area contributed by atoms with Gasteiger partial charge in [-0.25, -0.2) is 13.6 Å². The molecule has 0 aliphatic carbocycles. The molecule has 1 rings (SSSR count). The first kappa shape index (κ1) is 15.4. The molecule has 106 valence electrons. The maximum atomic E-state index is 13.4. The average Bonchev–Trinajstić information content (AvgIpc) is 2.32. The highest BCUT2D eigenvalue weighted by atomic mass is 19.1. The van der Waals surface area contributed by atoms with Crippen LogP contribution in [0.25, 0.3) is 0 Å². The first-order valence-electron chi connectivity index (χ1n) is 5.91. The Balaban J connectivity index is 2.48. The van der Waals surface area contributed by atoms with Gasteiger partial charge in [0.2, 0.25) is 0 Å². The van der Waals surface area contributed by atoms with Crippen LogP contribution in [0.15, 0.2) is 12.1 Å². The van der Waals surface area contributed by atoms with Gasteiger partial charge in [-0.3, -0.25) is 0 Å². The van der Waals surface area contributed by atoms with Crippen molar-refractivity contribution in [2.45, 2.75) is 13.8 Å². The van der Waals surface area contributed by atoms with Gasteiger partial charge in [-0.1, -0.05) is 13.8 Å². The summed E-state index contributed by atoms with van der Waals surface area (Å²) in [5.74, 6) is -2.33. The maximum Gasteiger partial charge on any atom is 0.341 e. The summed E-state index contributed by atoms with van der Waals surface area (Å²) in [6.45, 7) is 4.71. The molecule has 0 heterocycles. The van der Waals surface area contributed by atoms with Crippen LogP contribution < -0.4 is 5.73 Å². The standard InChI is InChI=1S/C13H17F2NO3/c1-8(2)7-18-3-4-19-13(17)9-5-11(15)12(16)6-10(9)14/h5-6,8H,3-4,7,16H2,1-2H3. The van der Waals surface area contributed by atoms with Crippen molar-refractivity contribution in [3.63, 3.8) is 0 Å². The second-order valence-corrected chi connectivity index (χ2v) is 4.46. The summed E-state index contributed by atoms with van der Waals surface area (Å²) >= 11 is 0. The normalized spacial score (nSPS) is 10.8. The molecule has 0 unspecified atom stereocenters. The fourth-order valence-corrected chi connectivity index (χ4v) is 1.31. The Bertz CT molecular complexity index is 450. The topological polar surface area (TPSA) is 61.5 Å². The summed E-state index contributed by atoms with van der Waals surface area (Å²) in [5.41, 5.74) is 4.34. The molecule has 0 amide bonds. The summed E-state index contributed by atoms with van der Waals surface area (Å²) in [5, 5.41) is 0. The Morgan fingerprint density at radius 1 is 1.26 bits per heavy atom. The number of carbonyl (C=O) groups excluding carboxylic acids is 1. The minimum atomic E-state index is -0.940. The minimum absolute atomic E-state index is 0.0169. The lowest BCUT2D eigenvalue weighted by atomic mass is 10.2. The molecule has 0 bridgehead atoms. The Hall–Kier alpha value is -1.69. The highest BCUT2D eigenvalue weighted by molar-refractivity contribution is 5.90. The smallest absolute Gasteiger partial charge is 0.341 e. The van der Waals surface area contributed by atoms with Gasteiger partial charge in [0.05, 0.1) is 17.9 Å². The van der Waals surface area contributed by atoms with Crippen molar-refractivity contribution in [3.05, 3.63) is 29.3 Å². The minimum Gasteiger partial charge on any atom is -0.460 e. The number of benzene rings is 1. The van der Waals surface area contributed by atoms with Gasteiger partial charge < -0.3 is 15.2 Å². The van der Waals surface area contributed by atoms with Gasteiger partial charge in [-0.05, 0) is 12.0 Å². The maximum absolute atomic E-state index is 13.4. The van der Waals surface area contributed by atoms with E-state index in [2.05, 4.69) is 0 Å². The van der Waals surface area contributed by atoms with Gasteiger partial charge in [-0.2, -0.15) is 0 Å². The van der Waals surface area contributed by atoms with Crippen molar-refractivity contribution in [1.29, 1.82) is 0 Å². The fraction of sp³-hybridized carbons (Fsp3) is 0.462. The molecular weight excluding hydrogens is 256 g/mol. The molecule has 2 N–H and O–H groups in total. The molecule has 0 aliphatic heterocycles. The van der Waals surface area contributed by atoms with Crippen LogP contribution in [0.3, 0.4) is 0 Å². The predicted molar refractivity (Wildman–Crippen MR) is 66.7 cm³/mol. The second-order valence-electron chi connectivity index (χ2n) is 4.46. The molecule has 0 atom stereocenters. The van der Waals surface area contributed by atoms with E-state index in [0.29, 0.717) is 12.5 Å². The van der Waals surface area contributed by atoms with E-state index in [1.807, 2.05) is 13.8 Å². The second kappa shape index (κ2) is 7.04. The summed E-state index contributed by atoms with van der Waals surface area (Å²) in [6, 6.07) is 1.48. The molecule has 0 fully saturated rings. The third-order valence-corrected chi connectivity index (χ3v) is 2.22. The molecule has 0 radical (unpaired) electrons. The molecule has 1 aromatic rings. The zero-order valence-corrected chi connectivity index (χ0v) is 10.9. The number of hydrogen-bond acceptors (Lipinski definition) is 4. The van der Waals surface area contributed by atoms with Gasteiger partial charge in [0.25, 0.3) is 0 Å². The molecule has 0 saturated heterocycles. The lowest BCUT2D eigenvalue weighted by Crippen LogP contribution is -2.14. The average molecular weight is 273 g/mol. The first-order valence-corrected chi connectivity index (χ1v) is 5.91. The van der Waals surface area contributed by atoms with Crippen molar-refractivity contribution in [1.82, 2.24) is 0 Å². The van der Waals surface area contributed by atoms with Crippen molar-refractivity contribution < 1.29 is 23.0 Å². The third kappa shape index (κ3) is 4.82. The lowest BCUT2D eigenvalue weighted by Gasteiger charge is -2.08. The van der Waals surface area contributed by atoms with Gasteiger partial charge in [0.15, 0.2) is 0 Å². The molecule has 0 spiro atoms. The predicted octanol–water partition coefficient (Wildman–Crippen LogP) is 2.38. The van der Waals surface area contributed by atoms with Crippen molar-refractivity contribution in [2.75, 3.05) is 25.6 Å². The van der Waals surface area contributed by atoms with Crippen molar-refractivity contribution >= 4 is 11.7 Å². The van der Waals surface area contributed by atoms with Crippen LogP contribution in [-0.2, 0) is 9.47 Å². The summed E-state index contributed by atoms with van der Waals surface area (Å²) < 4.78 is 36.5. The van der Waals surface area contributed by atoms with E-state index in [4.69, 9.17) is 15.2 Å². The van der Waals surface area contributed by atoms with Crippen LogP contribution in [0.1, 0.15) is 24.2 Å². The molecule has 4 nitrogen and oxygen atoms in total. The third-order valence-electron chi connectivity index (χ3n) is 2.22. The quantitative estimate of drug-likeness (QED) is 0.491. The lowest BCUT2D eigenvalue weighted by molar-refractivity contribution is 0.0273. The monoisotopic (exact) mass is 273 g/mol. The number of carbonyl (C=O) groups is 1. The number of hydrogen-bond donors (Lipinski definition) is 1. The van der Waals surface area contributed by atoms with E-state index in [1.165, 1.54) is 0 Å². The van der Waals surface area contributed by atoms with Crippen LogP contribution in [0.4, 0.5) is 14.5 Å². The number of halogens is 2. The van der Waals surface area contributed by atoms with Crippen LogP contribution >= 0.6 is 0 Å². The zero-order chi connectivity index (χ0) is 14.4. The molecule has 0 aliphatic rings. The SMILES string of the molecule is CC(C)COCCOC(=O)c1cc(F)c(N)cc1F. The largest absolute Gasteiger partial charge is 0.460 e. The summed E-state index contributed by atoms with van der Waals surface area (Å²) in [4.78, 5) is 11.5. The van der Waals surface area contributed by atoms with Crippen molar-refractivity contribution in [2.24, 2.45) is 5.92 Å². The zero-order valence-electron chi connectivity index (χ0n) is 10.9. The van der Waals surface area contributed by atoms with E-state index in [1.54, 1.807) is 0 Å². The highest BCUT2D eigenvalue weighted by Crippen LogP contribution is 2.17. The van der Waals surface area contributed by atoms with Gasteiger partial charge in [-0.15, -0.1) is 0 Å². The van der Waals surface area contributed by atoms with Crippen molar-refractivity contribution in [3.8, 4) is 0 Å². The summed E-state index contributed by atoms with van der Waals surface area (Å²) in [7, 11) is 0. The Kier molecular flexibility index (Phi) is 5.69. The van der Waals surface area contributed by atoms with E-state index >= 15 is 0 Å². The first-order chi connectivity index (χ1) is 8.91. The van der Waals surface area contributed by atoms with Crippen LogP contribution in [-0.4, -0.2) is 25.8 Å². The van der Waals surface area contributed by atoms with E-state index in [9.17, 15) is 13.6 Å².